The molecule has 2 aliphatic rings. The zero-order valence-electron chi connectivity index (χ0n) is 22.1. The number of aromatic nitrogens is 1. The van der Waals surface area contributed by atoms with Gasteiger partial charge in [-0.05, 0) is 55.3 Å². The van der Waals surface area contributed by atoms with Crippen LogP contribution in [-0.4, -0.2) is 64.3 Å². The number of carbonyl (C=O) groups is 1. The molecule has 0 aliphatic carbocycles. The maximum atomic E-state index is 14.8. The molecule has 1 fully saturated rings. The van der Waals surface area contributed by atoms with E-state index in [4.69, 9.17) is 25.8 Å². The first-order valence-corrected chi connectivity index (χ1v) is 14.2. The normalized spacial score (nSPS) is 21.2. The Kier molecular flexibility index (Phi) is 7.33. The fourth-order valence-electron chi connectivity index (χ4n) is 5.70. The van der Waals surface area contributed by atoms with Crippen molar-refractivity contribution in [3.05, 3.63) is 70.9 Å². The van der Waals surface area contributed by atoms with Gasteiger partial charge in [-0.25, -0.2) is 17.7 Å². The average Bonchev–Trinajstić information content (AvgIpc) is 3.54. The van der Waals surface area contributed by atoms with Crippen molar-refractivity contribution in [3.8, 4) is 17.4 Å². The Labute approximate surface area is 239 Å². The molecular formula is C27H25ClF3N3O6S. The van der Waals surface area contributed by atoms with Crippen molar-refractivity contribution in [2.24, 2.45) is 0 Å². The van der Waals surface area contributed by atoms with E-state index in [1.165, 1.54) is 76.1 Å². The maximum Gasteiger partial charge on any atom is 0.404 e. The molecule has 0 bridgehead atoms. The van der Waals surface area contributed by atoms with Crippen LogP contribution in [-0.2, 0) is 20.4 Å². The van der Waals surface area contributed by atoms with E-state index in [-0.39, 0.29) is 52.9 Å². The smallest absolute Gasteiger partial charge is 0.404 e. The first-order valence-electron chi connectivity index (χ1n) is 12.4. The van der Waals surface area contributed by atoms with Crippen molar-refractivity contribution in [3.63, 3.8) is 0 Å². The van der Waals surface area contributed by atoms with Crippen molar-refractivity contribution in [1.29, 1.82) is 0 Å². The summed E-state index contributed by atoms with van der Waals surface area (Å²) in [5.41, 5.74) is -2.56. The van der Waals surface area contributed by atoms with E-state index >= 15 is 0 Å². The van der Waals surface area contributed by atoms with Crippen molar-refractivity contribution in [2.75, 3.05) is 32.2 Å². The van der Waals surface area contributed by atoms with E-state index in [0.717, 1.165) is 4.90 Å². The Hall–Kier alpha value is -3.55. The predicted molar refractivity (Wildman–Crippen MR) is 143 cm³/mol. The van der Waals surface area contributed by atoms with E-state index in [2.05, 4.69) is 4.98 Å². The number of benzene rings is 2. The number of sulfonamides is 1. The molecule has 1 saturated heterocycles. The van der Waals surface area contributed by atoms with Gasteiger partial charge in [-0.15, -0.1) is 0 Å². The summed E-state index contributed by atoms with van der Waals surface area (Å²) in [4.78, 5) is 19.6. The number of pyridine rings is 1. The van der Waals surface area contributed by atoms with Gasteiger partial charge in [0, 0.05) is 35.0 Å². The highest BCUT2D eigenvalue weighted by atomic mass is 35.5. The molecule has 0 spiro atoms. The second-order valence-electron chi connectivity index (χ2n) is 9.42. The number of fused-ring (bicyclic) bond motifs is 1. The number of nitrogens with zero attached hydrogens (tertiary/aromatic N) is 3. The third-order valence-electron chi connectivity index (χ3n) is 7.37. The highest BCUT2D eigenvalue weighted by molar-refractivity contribution is 7.93. The minimum Gasteiger partial charge on any atom is -0.497 e. The van der Waals surface area contributed by atoms with Crippen molar-refractivity contribution in [2.45, 2.75) is 35.5 Å². The van der Waals surface area contributed by atoms with E-state index < -0.39 is 38.6 Å². The van der Waals surface area contributed by atoms with Crippen LogP contribution in [0.5, 0.6) is 17.4 Å². The minimum atomic E-state index is -4.77. The second-order valence-corrected chi connectivity index (χ2v) is 11.6. The predicted octanol–water partition coefficient (Wildman–Crippen LogP) is 4.77. The molecule has 3 aromatic rings. The fraction of sp³-hybridized carbons (Fsp3) is 0.333. The van der Waals surface area contributed by atoms with Crippen LogP contribution in [0.15, 0.2) is 59.6 Å². The molecule has 1 amide bonds. The van der Waals surface area contributed by atoms with Gasteiger partial charge in [0.05, 0.1) is 27.0 Å². The second kappa shape index (κ2) is 10.4. The summed E-state index contributed by atoms with van der Waals surface area (Å²) in [6.07, 6.45) is -3.56. The minimum absolute atomic E-state index is 0.0477. The van der Waals surface area contributed by atoms with Crippen molar-refractivity contribution in [1.82, 2.24) is 9.88 Å². The Morgan fingerprint density at radius 3 is 2.44 bits per heavy atom. The summed E-state index contributed by atoms with van der Waals surface area (Å²) >= 11 is 6.35. The highest BCUT2D eigenvalue weighted by Gasteiger charge is 2.65. The molecule has 0 saturated carbocycles. The third kappa shape index (κ3) is 4.37. The van der Waals surface area contributed by atoms with E-state index in [1.807, 2.05) is 0 Å². The molecule has 9 nitrogen and oxygen atoms in total. The van der Waals surface area contributed by atoms with Crippen LogP contribution < -0.4 is 18.5 Å². The number of alkyl halides is 3. The van der Waals surface area contributed by atoms with E-state index in [9.17, 15) is 26.4 Å². The largest absolute Gasteiger partial charge is 0.497 e. The standard InChI is InChI=1S/C27H25ClF3N3O6S/c1-38-17-9-11-22(21(15-17)39-2)41(36,37)34-20-10-8-16(28)14-19(20)26(25(34)35,18-6-4-12-32-24(18)40-3)33-13-5-7-23(33)27(29,30)31/h4,6,8-12,14-15,23H,5,7,13H2,1-3H3/t23-,26?/m0/s1. The molecule has 0 radical (unpaired) electrons. The SMILES string of the molecule is COc1ccc(S(=O)(=O)N2C(=O)C(c3cccnc3OC)(N3CCC[C@H]3C(F)(F)F)c3cc(Cl)ccc32)c(OC)c1. The lowest BCUT2D eigenvalue weighted by Crippen LogP contribution is -2.59. The number of ether oxygens (including phenoxy) is 3. The van der Waals surface area contributed by atoms with Crippen LogP contribution >= 0.6 is 11.6 Å². The van der Waals surface area contributed by atoms with Crippen LogP contribution in [0, 0.1) is 0 Å². The number of amides is 1. The lowest BCUT2D eigenvalue weighted by atomic mass is 9.81. The summed E-state index contributed by atoms with van der Waals surface area (Å²) < 4.78 is 88.5. The van der Waals surface area contributed by atoms with E-state index in [1.54, 1.807) is 0 Å². The summed E-state index contributed by atoms with van der Waals surface area (Å²) in [6, 6.07) is 8.66. The Bertz CT molecular complexity index is 1620. The maximum absolute atomic E-state index is 14.8. The van der Waals surface area contributed by atoms with Gasteiger partial charge in [0.2, 0.25) is 5.88 Å². The number of anilines is 1. The molecule has 218 valence electrons. The molecule has 3 heterocycles. The molecule has 41 heavy (non-hydrogen) atoms. The highest BCUT2D eigenvalue weighted by Crippen LogP contribution is 2.56. The van der Waals surface area contributed by atoms with Crippen LogP contribution in [0.3, 0.4) is 0 Å². The number of hydrogen-bond acceptors (Lipinski definition) is 8. The third-order valence-corrected chi connectivity index (χ3v) is 9.34. The van der Waals surface area contributed by atoms with Crippen molar-refractivity contribution >= 4 is 33.2 Å². The molecule has 1 aromatic heterocycles. The van der Waals surface area contributed by atoms with Crippen LogP contribution in [0.25, 0.3) is 0 Å². The van der Waals surface area contributed by atoms with Crippen LogP contribution in [0.2, 0.25) is 5.02 Å². The molecule has 2 atom stereocenters. The first kappa shape index (κ1) is 29.0. The molecule has 2 aliphatic heterocycles. The summed E-state index contributed by atoms with van der Waals surface area (Å²) in [5, 5.41) is 0.0906. The number of likely N-dealkylation sites (tertiary alicyclic amines) is 1. The van der Waals surface area contributed by atoms with Crippen LogP contribution in [0.1, 0.15) is 24.0 Å². The monoisotopic (exact) mass is 611 g/mol. The summed E-state index contributed by atoms with van der Waals surface area (Å²) in [5.74, 6) is -1.13. The molecule has 1 unspecified atom stereocenters. The Morgan fingerprint density at radius 2 is 1.78 bits per heavy atom. The van der Waals surface area contributed by atoms with Crippen LogP contribution in [0.4, 0.5) is 18.9 Å². The van der Waals surface area contributed by atoms with Gasteiger partial charge in [0.15, 0.2) is 5.54 Å². The van der Waals surface area contributed by atoms with Gasteiger partial charge in [0.1, 0.15) is 22.4 Å². The summed E-state index contributed by atoms with van der Waals surface area (Å²) in [7, 11) is -0.877. The fourth-order valence-corrected chi connectivity index (χ4v) is 7.48. The number of carbonyl (C=O) groups excluding carboxylic acids is 1. The first-order chi connectivity index (χ1) is 19.4. The lowest BCUT2D eigenvalue weighted by Gasteiger charge is -2.42. The van der Waals surface area contributed by atoms with Gasteiger partial charge >= 0.3 is 6.18 Å². The van der Waals surface area contributed by atoms with Gasteiger partial charge in [-0.1, -0.05) is 11.6 Å². The number of hydrogen-bond donors (Lipinski definition) is 0. The Balaban J connectivity index is 1.86. The zero-order valence-corrected chi connectivity index (χ0v) is 23.7. The Morgan fingerprint density at radius 1 is 1.02 bits per heavy atom. The molecule has 14 heteroatoms. The lowest BCUT2D eigenvalue weighted by molar-refractivity contribution is -0.188. The van der Waals surface area contributed by atoms with Gasteiger partial charge in [-0.3, -0.25) is 9.69 Å². The van der Waals surface area contributed by atoms with Crippen molar-refractivity contribution < 1.29 is 40.6 Å². The van der Waals surface area contributed by atoms with Gasteiger partial charge in [0.25, 0.3) is 15.9 Å². The topological polar surface area (TPSA) is 98.3 Å². The number of rotatable bonds is 7. The zero-order chi connectivity index (χ0) is 29.7. The number of halogens is 4. The molecule has 2 aromatic carbocycles. The quantitative estimate of drug-likeness (QED) is 0.377. The summed E-state index contributed by atoms with van der Waals surface area (Å²) in [6.45, 7) is -0.167. The molecular weight excluding hydrogens is 587 g/mol. The van der Waals surface area contributed by atoms with E-state index in [0.29, 0.717) is 10.1 Å². The molecule has 0 N–H and O–H groups in total. The van der Waals surface area contributed by atoms with Gasteiger partial charge in [-0.2, -0.15) is 13.2 Å². The van der Waals surface area contributed by atoms with Gasteiger partial charge < -0.3 is 14.2 Å². The molecule has 5 rings (SSSR count). The number of methoxy groups -OCH3 is 3. The average molecular weight is 612 g/mol.